The third kappa shape index (κ3) is 4.60. The first-order valence-corrected chi connectivity index (χ1v) is 9.44. The SMILES string of the molecule is Cc1ccc(-c2cc(C(=O)O)c3ccccc3n2)s1.NCc1ccc(F)cc1. The summed E-state index contributed by atoms with van der Waals surface area (Å²) in [5.41, 5.74) is 7.96. The van der Waals surface area contributed by atoms with Crippen LogP contribution in [0.1, 0.15) is 20.8 Å². The molecule has 28 heavy (non-hydrogen) atoms. The molecule has 0 aliphatic heterocycles. The van der Waals surface area contributed by atoms with Crippen LogP contribution in [-0.2, 0) is 6.54 Å². The monoisotopic (exact) mass is 394 g/mol. The number of aromatic carboxylic acids is 1. The lowest BCUT2D eigenvalue weighted by Crippen LogP contribution is -1.99. The number of halogens is 1. The first kappa shape index (κ1) is 19.7. The number of rotatable bonds is 3. The molecule has 0 radical (unpaired) electrons. The molecule has 0 saturated carbocycles. The summed E-state index contributed by atoms with van der Waals surface area (Å²) in [5.74, 6) is -1.14. The Morgan fingerprint density at radius 3 is 2.43 bits per heavy atom. The van der Waals surface area contributed by atoms with Gasteiger partial charge in [0.15, 0.2) is 0 Å². The zero-order chi connectivity index (χ0) is 20.1. The molecule has 0 bridgehead atoms. The van der Waals surface area contributed by atoms with Crippen molar-refractivity contribution in [3.8, 4) is 10.6 Å². The maximum atomic E-state index is 12.2. The molecule has 0 unspecified atom stereocenters. The van der Waals surface area contributed by atoms with Crippen LogP contribution in [0.5, 0.6) is 0 Å². The summed E-state index contributed by atoms with van der Waals surface area (Å²) < 4.78 is 12.2. The van der Waals surface area contributed by atoms with E-state index in [-0.39, 0.29) is 5.82 Å². The van der Waals surface area contributed by atoms with Gasteiger partial charge in [-0.25, -0.2) is 14.2 Å². The Labute approximate surface area is 166 Å². The molecule has 0 aliphatic carbocycles. The number of aryl methyl sites for hydroxylation is 1. The van der Waals surface area contributed by atoms with Crippen molar-refractivity contribution in [3.05, 3.63) is 88.6 Å². The maximum Gasteiger partial charge on any atom is 0.336 e. The summed E-state index contributed by atoms with van der Waals surface area (Å²) in [6.07, 6.45) is 0. The number of carbonyl (C=O) groups is 1. The first-order chi connectivity index (χ1) is 13.5. The number of carboxylic acids is 1. The molecule has 0 atom stereocenters. The average Bonchev–Trinajstić information content (AvgIpc) is 3.14. The predicted octanol–water partition coefficient (Wildman–Crippen LogP) is 5.25. The smallest absolute Gasteiger partial charge is 0.336 e. The van der Waals surface area contributed by atoms with Gasteiger partial charge in [0.2, 0.25) is 0 Å². The zero-order valence-electron chi connectivity index (χ0n) is 15.2. The van der Waals surface area contributed by atoms with E-state index < -0.39 is 5.97 Å². The standard InChI is InChI=1S/C15H11NO2S.C7H8FN/c1-9-6-7-14(19-9)13-8-11(15(17)18)10-4-2-3-5-12(10)16-13;8-7-3-1-6(5-9)2-4-7/h2-8H,1H3,(H,17,18);1-4H,5,9H2. The van der Waals surface area contributed by atoms with Gasteiger partial charge in [-0.05, 0) is 48.9 Å². The van der Waals surface area contributed by atoms with Gasteiger partial charge in [-0.1, -0.05) is 30.3 Å². The number of nitrogens with two attached hydrogens (primary N) is 1. The van der Waals surface area contributed by atoms with E-state index in [0.717, 1.165) is 10.4 Å². The fourth-order valence-corrected chi connectivity index (χ4v) is 3.50. The largest absolute Gasteiger partial charge is 0.478 e. The van der Waals surface area contributed by atoms with E-state index in [4.69, 9.17) is 5.73 Å². The molecule has 4 rings (SSSR count). The van der Waals surface area contributed by atoms with Gasteiger partial charge in [-0.15, -0.1) is 11.3 Å². The van der Waals surface area contributed by atoms with Gasteiger partial charge in [0, 0.05) is 16.8 Å². The number of nitrogens with zero attached hydrogens (tertiary/aromatic N) is 1. The highest BCUT2D eigenvalue weighted by Crippen LogP contribution is 2.29. The minimum atomic E-state index is -0.923. The first-order valence-electron chi connectivity index (χ1n) is 8.62. The van der Waals surface area contributed by atoms with E-state index in [9.17, 15) is 14.3 Å². The topological polar surface area (TPSA) is 76.2 Å². The van der Waals surface area contributed by atoms with Crippen LogP contribution in [0.2, 0.25) is 0 Å². The summed E-state index contributed by atoms with van der Waals surface area (Å²) in [6.45, 7) is 2.49. The third-order valence-electron chi connectivity index (χ3n) is 4.09. The lowest BCUT2D eigenvalue weighted by atomic mass is 10.1. The minimum absolute atomic E-state index is 0.216. The van der Waals surface area contributed by atoms with Crippen LogP contribution in [0.25, 0.3) is 21.5 Å². The number of hydrogen-bond donors (Lipinski definition) is 2. The number of carboxylic acid groups (broad SMARTS) is 1. The number of benzene rings is 2. The highest BCUT2D eigenvalue weighted by molar-refractivity contribution is 7.15. The number of hydrogen-bond acceptors (Lipinski definition) is 4. The van der Waals surface area contributed by atoms with Crippen molar-refractivity contribution in [2.45, 2.75) is 13.5 Å². The molecule has 0 fully saturated rings. The van der Waals surface area contributed by atoms with Crippen LogP contribution < -0.4 is 5.73 Å². The number of pyridine rings is 1. The number of para-hydroxylation sites is 1. The highest BCUT2D eigenvalue weighted by atomic mass is 32.1. The molecule has 0 saturated heterocycles. The van der Waals surface area contributed by atoms with Crippen LogP contribution in [0.3, 0.4) is 0 Å². The van der Waals surface area contributed by atoms with Crippen LogP contribution >= 0.6 is 11.3 Å². The quantitative estimate of drug-likeness (QED) is 0.497. The Kier molecular flexibility index (Phi) is 6.13. The number of thiophene rings is 1. The second kappa shape index (κ2) is 8.73. The maximum absolute atomic E-state index is 12.2. The molecule has 0 spiro atoms. The van der Waals surface area contributed by atoms with E-state index in [0.29, 0.717) is 28.7 Å². The summed E-state index contributed by atoms with van der Waals surface area (Å²) in [6, 6.07) is 19.1. The van der Waals surface area contributed by atoms with E-state index in [1.807, 2.05) is 37.3 Å². The van der Waals surface area contributed by atoms with Crippen LogP contribution in [0.4, 0.5) is 4.39 Å². The van der Waals surface area contributed by atoms with Crippen molar-refractivity contribution in [2.24, 2.45) is 5.73 Å². The summed E-state index contributed by atoms with van der Waals surface area (Å²) in [4.78, 5) is 18.1. The van der Waals surface area contributed by atoms with Crippen molar-refractivity contribution >= 4 is 28.2 Å². The van der Waals surface area contributed by atoms with E-state index in [1.54, 1.807) is 35.6 Å². The molecule has 0 amide bonds. The molecule has 2 heterocycles. The average molecular weight is 394 g/mol. The highest BCUT2D eigenvalue weighted by Gasteiger charge is 2.13. The molecule has 6 heteroatoms. The Morgan fingerprint density at radius 1 is 1.11 bits per heavy atom. The molecule has 2 aromatic heterocycles. The van der Waals surface area contributed by atoms with Gasteiger partial charge in [0.05, 0.1) is 21.7 Å². The Balaban J connectivity index is 0.000000211. The van der Waals surface area contributed by atoms with E-state index >= 15 is 0 Å². The predicted molar refractivity (Wildman–Crippen MR) is 111 cm³/mol. The lowest BCUT2D eigenvalue weighted by Gasteiger charge is -2.05. The van der Waals surface area contributed by atoms with Crippen LogP contribution in [-0.4, -0.2) is 16.1 Å². The molecule has 4 nitrogen and oxygen atoms in total. The molecular formula is C22H19FN2O2S. The van der Waals surface area contributed by atoms with Gasteiger partial charge in [0.1, 0.15) is 5.82 Å². The van der Waals surface area contributed by atoms with Gasteiger partial charge in [-0.2, -0.15) is 0 Å². The Hall–Kier alpha value is -3.09. The summed E-state index contributed by atoms with van der Waals surface area (Å²) in [7, 11) is 0. The number of aromatic nitrogens is 1. The van der Waals surface area contributed by atoms with Crippen molar-refractivity contribution in [1.82, 2.24) is 4.98 Å². The molecule has 4 aromatic rings. The second-order valence-electron chi connectivity index (χ2n) is 6.12. The minimum Gasteiger partial charge on any atom is -0.478 e. The van der Waals surface area contributed by atoms with E-state index in [1.165, 1.54) is 17.0 Å². The normalized spacial score (nSPS) is 10.4. The van der Waals surface area contributed by atoms with Crippen LogP contribution in [0.15, 0.2) is 66.7 Å². The van der Waals surface area contributed by atoms with Gasteiger partial charge in [-0.3, -0.25) is 0 Å². The lowest BCUT2D eigenvalue weighted by molar-refractivity contribution is 0.0699. The van der Waals surface area contributed by atoms with Crippen molar-refractivity contribution < 1.29 is 14.3 Å². The second-order valence-corrected chi connectivity index (χ2v) is 7.41. The van der Waals surface area contributed by atoms with Crippen molar-refractivity contribution in [3.63, 3.8) is 0 Å². The fourth-order valence-electron chi connectivity index (χ4n) is 2.67. The number of fused-ring (bicyclic) bond motifs is 1. The van der Waals surface area contributed by atoms with Gasteiger partial charge < -0.3 is 10.8 Å². The molecule has 2 aromatic carbocycles. The Bertz CT molecular complexity index is 1110. The van der Waals surface area contributed by atoms with E-state index in [2.05, 4.69) is 4.98 Å². The Morgan fingerprint density at radius 2 is 1.82 bits per heavy atom. The molecule has 142 valence electrons. The molecule has 0 aliphatic rings. The van der Waals surface area contributed by atoms with Crippen molar-refractivity contribution in [1.29, 1.82) is 0 Å². The third-order valence-corrected chi connectivity index (χ3v) is 5.11. The van der Waals surface area contributed by atoms with Gasteiger partial charge >= 0.3 is 5.97 Å². The molecule has 3 N–H and O–H groups in total. The van der Waals surface area contributed by atoms with Crippen molar-refractivity contribution in [2.75, 3.05) is 0 Å². The zero-order valence-corrected chi connectivity index (χ0v) is 16.0. The fraction of sp³-hybridized carbons (Fsp3) is 0.0909. The van der Waals surface area contributed by atoms with Crippen LogP contribution in [0, 0.1) is 12.7 Å². The summed E-state index contributed by atoms with van der Waals surface area (Å²) >= 11 is 1.61. The molecular weight excluding hydrogens is 375 g/mol. The summed E-state index contributed by atoms with van der Waals surface area (Å²) in [5, 5.41) is 10.0. The van der Waals surface area contributed by atoms with Gasteiger partial charge in [0.25, 0.3) is 0 Å².